The minimum Gasteiger partial charge on any atom is -0.396 e. The fraction of sp³-hybridized carbons (Fsp3) is 0.455. The number of aliphatic hydroxyl groups excluding tert-OH is 1. The first kappa shape index (κ1) is 10.2. The minimum atomic E-state index is -0.802. The highest BCUT2D eigenvalue weighted by atomic mass is 19.1. The molecular weight excluding hydrogens is 167 g/mol. The molecule has 2 heteroatoms. The van der Waals surface area contributed by atoms with Crippen LogP contribution in [0.15, 0.2) is 24.3 Å². The van der Waals surface area contributed by atoms with Crippen LogP contribution in [0.4, 0.5) is 4.39 Å². The molecular formula is C11H15FO. The molecule has 0 saturated carbocycles. The summed E-state index contributed by atoms with van der Waals surface area (Å²) < 4.78 is 12.7. The normalized spacial score (nSPS) is 12.8. The van der Waals surface area contributed by atoms with Gasteiger partial charge in [-0.2, -0.15) is 0 Å². The summed E-state index contributed by atoms with van der Waals surface area (Å²) in [6, 6.07) is 7.72. The van der Waals surface area contributed by atoms with Crippen LogP contribution in [0.2, 0.25) is 0 Å². The average Bonchev–Trinajstić information content (AvgIpc) is 2.04. The summed E-state index contributed by atoms with van der Waals surface area (Å²) in [6.07, 6.45) is 0.303. The van der Waals surface area contributed by atoms with Gasteiger partial charge >= 0.3 is 0 Å². The average molecular weight is 182 g/mol. The quantitative estimate of drug-likeness (QED) is 0.756. The number of rotatable bonds is 4. The summed E-state index contributed by atoms with van der Waals surface area (Å²) in [7, 11) is 0. The molecule has 0 aliphatic rings. The number of hydrogen-bond donors (Lipinski definition) is 1. The molecule has 1 aromatic rings. The molecule has 0 bridgehead atoms. The van der Waals surface area contributed by atoms with Crippen LogP contribution in [0.25, 0.3) is 0 Å². The third kappa shape index (κ3) is 3.55. The predicted octanol–water partition coefficient (Wildman–Crippen LogP) is 2.12. The van der Waals surface area contributed by atoms with E-state index in [4.69, 9.17) is 5.11 Å². The monoisotopic (exact) mass is 182 g/mol. The van der Waals surface area contributed by atoms with Gasteiger partial charge in [0.05, 0.1) is 0 Å². The van der Waals surface area contributed by atoms with Crippen molar-refractivity contribution in [3.63, 3.8) is 0 Å². The van der Waals surface area contributed by atoms with E-state index in [-0.39, 0.29) is 6.61 Å². The van der Waals surface area contributed by atoms with Gasteiger partial charge in [0.25, 0.3) is 0 Å². The molecule has 0 spiro atoms. The molecule has 1 rings (SSSR count). The molecule has 0 amide bonds. The van der Waals surface area contributed by atoms with Crippen molar-refractivity contribution in [1.29, 1.82) is 0 Å². The van der Waals surface area contributed by atoms with Crippen molar-refractivity contribution in [3.8, 4) is 0 Å². The molecule has 0 heterocycles. The summed E-state index contributed by atoms with van der Waals surface area (Å²) >= 11 is 0. The Labute approximate surface area is 78.2 Å². The second kappa shape index (κ2) is 4.97. The van der Waals surface area contributed by atoms with Gasteiger partial charge in [-0.25, -0.2) is 4.39 Å². The van der Waals surface area contributed by atoms with Crippen molar-refractivity contribution in [2.24, 2.45) is 0 Å². The molecule has 0 fully saturated rings. The lowest BCUT2D eigenvalue weighted by atomic mass is 10.0. The van der Waals surface area contributed by atoms with Gasteiger partial charge in [-0.05, 0) is 24.5 Å². The first-order chi connectivity index (χ1) is 6.22. The number of alkyl halides is 1. The fourth-order valence-electron chi connectivity index (χ4n) is 1.37. The van der Waals surface area contributed by atoms with E-state index in [1.54, 1.807) is 6.92 Å². The van der Waals surface area contributed by atoms with E-state index < -0.39 is 6.17 Å². The van der Waals surface area contributed by atoms with E-state index in [2.05, 4.69) is 0 Å². The molecule has 0 radical (unpaired) electrons. The highest BCUT2D eigenvalue weighted by Crippen LogP contribution is 2.09. The smallest absolute Gasteiger partial charge is 0.101 e. The Morgan fingerprint density at radius 3 is 2.69 bits per heavy atom. The van der Waals surface area contributed by atoms with E-state index in [1.807, 2.05) is 24.3 Å². The Balaban J connectivity index is 2.67. The van der Waals surface area contributed by atoms with Crippen LogP contribution in [-0.4, -0.2) is 17.9 Å². The summed E-state index contributed by atoms with van der Waals surface area (Å²) in [6.45, 7) is 1.70. The molecule has 1 aromatic carbocycles. The van der Waals surface area contributed by atoms with Gasteiger partial charge in [0.1, 0.15) is 6.17 Å². The maximum Gasteiger partial charge on any atom is 0.101 e. The van der Waals surface area contributed by atoms with E-state index in [1.165, 1.54) is 0 Å². The van der Waals surface area contributed by atoms with Gasteiger partial charge in [-0.1, -0.05) is 24.3 Å². The molecule has 1 N–H and O–H groups in total. The second-order valence-electron chi connectivity index (χ2n) is 3.28. The number of aliphatic hydroxyl groups is 1. The van der Waals surface area contributed by atoms with Gasteiger partial charge in [0.2, 0.25) is 0 Å². The van der Waals surface area contributed by atoms with E-state index in [0.717, 1.165) is 11.1 Å². The van der Waals surface area contributed by atoms with Gasteiger partial charge in [-0.15, -0.1) is 0 Å². The van der Waals surface area contributed by atoms with Crippen molar-refractivity contribution in [1.82, 2.24) is 0 Å². The highest BCUT2D eigenvalue weighted by Gasteiger charge is 2.01. The lowest BCUT2D eigenvalue weighted by Crippen LogP contribution is -1.99. The molecule has 0 aliphatic heterocycles. The summed E-state index contributed by atoms with van der Waals surface area (Å²) in [4.78, 5) is 0. The Bertz CT molecular complexity index is 258. The zero-order chi connectivity index (χ0) is 9.68. The Morgan fingerprint density at radius 1 is 1.38 bits per heavy atom. The van der Waals surface area contributed by atoms with E-state index in [9.17, 15) is 4.39 Å². The Hall–Kier alpha value is -0.890. The fourth-order valence-corrected chi connectivity index (χ4v) is 1.37. The van der Waals surface area contributed by atoms with Crippen molar-refractivity contribution in [3.05, 3.63) is 35.4 Å². The number of benzene rings is 1. The number of halogens is 1. The topological polar surface area (TPSA) is 20.2 Å². The van der Waals surface area contributed by atoms with Crippen molar-refractivity contribution >= 4 is 0 Å². The zero-order valence-electron chi connectivity index (χ0n) is 7.83. The third-order valence-electron chi connectivity index (χ3n) is 1.91. The Morgan fingerprint density at radius 2 is 2.08 bits per heavy atom. The standard InChI is InChI=1S/C11H15FO/c1-9(12)7-11-4-2-3-10(8-11)5-6-13/h2-4,8-9,13H,5-7H2,1H3. The summed E-state index contributed by atoms with van der Waals surface area (Å²) in [5.74, 6) is 0. The van der Waals surface area contributed by atoms with Gasteiger partial charge in [0.15, 0.2) is 0 Å². The van der Waals surface area contributed by atoms with Crippen molar-refractivity contribution in [2.45, 2.75) is 25.9 Å². The second-order valence-corrected chi connectivity index (χ2v) is 3.28. The van der Waals surface area contributed by atoms with Gasteiger partial charge in [0, 0.05) is 13.0 Å². The van der Waals surface area contributed by atoms with E-state index >= 15 is 0 Å². The Kier molecular flexibility index (Phi) is 3.90. The third-order valence-corrected chi connectivity index (χ3v) is 1.91. The first-order valence-electron chi connectivity index (χ1n) is 4.55. The summed E-state index contributed by atoms with van der Waals surface area (Å²) in [5.41, 5.74) is 2.07. The first-order valence-corrected chi connectivity index (χ1v) is 4.55. The molecule has 1 unspecified atom stereocenters. The van der Waals surface area contributed by atoms with Crippen LogP contribution in [-0.2, 0) is 12.8 Å². The van der Waals surface area contributed by atoms with Crippen LogP contribution >= 0.6 is 0 Å². The maximum atomic E-state index is 12.7. The van der Waals surface area contributed by atoms with Crippen LogP contribution in [0.5, 0.6) is 0 Å². The van der Waals surface area contributed by atoms with Crippen molar-refractivity contribution in [2.75, 3.05) is 6.61 Å². The van der Waals surface area contributed by atoms with Crippen LogP contribution in [0.3, 0.4) is 0 Å². The highest BCUT2D eigenvalue weighted by molar-refractivity contribution is 5.24. The molecule has 0 aliphatic carbocycles. The van der Waals surface area contributed by atoms with Crippen molar-refractivity contribution < 1.29 is 9.50 Å². The summed E-state index contributed by atoms with van der Waals surface area (Å²) in [5, 5.41) is 8.72. The lowest BCUT2D eigenvalue weighted by Gasteiger charge is -2.04. The van der Waals surface area contributed by atoms with Crippen LogP contribution in [0, 0.1) is 0 Å². The van der Waals surface area contributed by atoms with Gasteiger partial charge < -0.3 is 5.11 Å². The predicted molar refractivity (Wildman–Crippen MR) is 51.5 cm³/mol. The lowest BCUT2D eigenvalue weighted by molar-refractivity contribution is 0.299. The SMILES string of the molecule is CC(F)Cc1cccc(CCO)c1. The molecule has 0 saturated heterocycles. The molecule has 1 nitrogen and oxygen atoms in total. The number of hydrogen-bond acceptors (Lipinski definition) is 1. The molecule has 72 valence electrons. The maximum absolute atomic E-state index is 12.7. The molecule has 1 atom stereocenters. The molecule has 0 aromatic heterocycles. The van der Waals surface area contributed by atoms with Gasteiger partial charge in [-0.3, -0.25) is 0 Å². The van der Waals surface area contributed by atoms with E-state index in [0.29, 0.717) is 12.8 Å². The molecule has 13 heavy (non-hydrogen) atoms. The largest absolute Gasteiger partial charge is 0.396 e. The zero-order valence-corrected chi connectivity index (χ0v) is 7.83. The van der Waals surface area contributed by atoms with Crippen LogP contribution < -0.4 is 0 Å². The van der Waals surface area contributed by atoms with Crippen LogP contribution in [0.1, 0.15) is 18.1 Å². The minimum absolute atomic E-state index is 0.147.